The molecule has 0 aliphatic heterocycles. The largest absolute Gasteiger partial charge is 0.270 e. The molecular weight excluding hydrogens is 293 g/mol. The first-order valence-electron chi connectivity index (χ1n) is 6.49. The lowest BCUT2D eigenvalue weighted by Gasteiger charge is -2.04. The molecule has 0 bridgehead atoms. The Hall–Kier alpha value is -1.79. The second kappa shape index (κ2) is 6.78. The van der Waals surface area contributed by atoms with E-state index in [2.05, 4.69) is 9.17 Å². The number of aryl methyl sites for hydroxylation is 1. The van der Waals surface area contributed by atoms with Gasteiger partial charge in [-0.25, -0.2) is 4.39 Å². The Morgan fingerprint density at radius 2 is 1.86 bits per heavy atom. The van der Waals surface area contributed by atoms with Crippen molar-refractivity contribution in [2.75, 3.05) is 12.9 Å². The van der Waals surface area contributed by atoms with Gasteiger partial charge in [-0.2, -0.15) is 8.42 Å². The fourth-order valence-electron chi connectivity index (χ4n) is 1.85. The van der Waals surface area contributed by atoms with Gasteiger partial charge in [0.15, 0.2) is 0 Å². The molecule has 6 heteroatoms. The van der Waals surface area contributed by atoms with Gasteiger partial charge in [0, 0.05) is 11.8 Å². The van der Waals surface area contributed by atoms with Crippen molar-refractivity contribution in [1.29, 1.82) is 0 Å². The van der Waals surface area contributed by atoms with Gasteiger partial charge >= 0.3 is 0 Å². The SMILES string of the molecule is CS(=O)(=O)OCCCc1ccc(-c2ccc(F)cc2)nc1. The molecule has 0 amide bonds. The average molecular weight is 309 g/mol. The highest BCUT2D eigenvalue weighted by atomic mass is 32.2. The molecule has 0 unspecified atom stereocenters. The van der Waals surface area contributed by atoms with Crippen LogP contribution in [-0.2, 0) is 20.7 Å². The summed E-state index contributed by atoms with van der Waals surface area (Å²) in [4.78, 5) is 4.32. The van der Waals surface area contributed by atoms with Crippen molar-refractivity contribution in [1.82, 2.24) is 4.98 Å². The van der Waals surface area contributed by atoms with Crippen LogP contribution in [0.4, 0.5) is 4.39 Å². The topological polar surface area (TPSA) is 56.3 Å². The Balaban J connectivity index is 1.91. The van der Waals surface area contributed by atoms with Crippen LogP contribution in [0.15, 0.2) is 42.6 Å². The smallest absolute Gasteiger partial charge is 0.264 e. The van der Waals surface area contributed by atoms with E-state index < -0.39 is 10.1 Å². The quantitative estimate of drug-likeness (QED) is 0.608. The first kappa shape index (κ1) is 15.6. The summed E-state index contributed by atoms with van der Waals surface area (Å²) in [5, 5.41) is 0. The predicted octanol–water partition coefficient (Wildman–Crippen LogP) is 2.80. The van der Waals surface area contributed by atoms with Gasteiger partial charge in [0.2, 0.25) is 0 Å². The molecule has 0 atom stereocenters. The lowest BCUT2D eigenvalue weighted by atomic mass is 10.1. The molecular formula is C15H16FNO3S. The predicted molar refractivity (Wildman–Crippen MR) is 78.7 cm³/mol. The van der Waals surface area contributed by atoms with E-state index in [0.717, 1.165) is 23.1 Å². The second-order valence-corrected chi connectivity index (χ2v) is 6.33. The molecule has 0 fully saturated rings. The first-order chi connectivity index (χ1) is 9.94. The van der Waals surface area contributed by atoms with Crippen LogP contribution in [0, 0.1) is 5.82 Å². The molecule has 0 aliphatic carbocycles. The number of aromatic nitrogens is 1. The van der Waals surface area contributed by atoms with Gasteiger partial charge in [-0.3, -0.25) is 9.17 Å². The van der Waals surface area contributed by atoms with Crippen molar-refractivity contribution in [3.63, 3.8) is 0 Å². The number of rotatable bonds is 6. The lowest BCUT2D eigenvalue weighted by Crippen LogP contribution is -2.05. The van der Waals surface area contributed by atoms with Gasteiger partial charge in [0.25, 0.3) is 10.1 Å². The summed E-state index contributed by atoms with van der Waals surface area (Å²) in [7, 11) is -3.37. The Labute approximate surface area is 123 Å². The molecule has 21 heavy (non-hydrogen) atoms. The maximum atomic E-state index is 12.8. The van der Waals surface area contributed by atoms with Crippen LogP contribution in [0.3, 0.4) is 0 Å². The fourth-order valence-corrected chi connectivity index (χ4v) is 2.27. The highest BCUT2D eigenvalue weighted by molar-refractivity contribution is 7.85. The van der Waals surface area contributed by atoms with Crippen LogP contribution in [0.25, 0.3) is 11.3 Å². The number of benzene rings is 1. The van der Waals surface area contributed by atoms with Crippen molar-refractivity contribution in [2.45, 2.75) is 12.8 Å². The molecule has 1 aromatic heterocycles. The van der Waals surface area contributed by atoms with Crippen molar-refractivity contribution in [3.05, 3.63) is 54.0 Å². The summed E-state index contributed by atoms with van der Waals surface area (Å²) >= 11 is 0. The lowest BCUT2D eigenvalue weighted by molar-refractivity contribution is 0.316. The van der Waals surface area contributed by atoms with Crippen LogP contribution in [-0.4, -0.2) is 26.3 Å². The molecule has 0 saturated carbocycles. The normalized spacial score (nSPS) is 11.5. The zero-order valence-electron chi connectivity index (χ0n) is 11.6. The Morgan fingerprint density at radius 3 is 2.43 bits per heavy atom. The van der Waals surface area contributed by atoms with Gasteiger partial charge < -0.3 is 0 Å². The standard InChI is InChI=1S/C15H16FNO3S/c1-21(18,19)20-10-2-3-12-4-9-15(17-11-12)13-5-7-14(16)8-6-13/h4-9,11H,2-3,10H2,1H3. The third-order valence-corrected chi connectivity index (χ3v) is 3.47. The molecule has 1 heterocycles. The Bertz CT molecular complexity index is 682. The van der Waals surface area contributed by atoms with Crippen molar-refractivity contribution >= 4 is 10.1 Å². The molecule has 112 valence electrons. The number of halogens is 1. The molecule has 1 aromatic carbocycles. The average Bonchev–Trinajstić information content (AvgIpc) is 2.44. The second-order valence-electron chi connectivity index (χ2n) is 4.69. The molecule has 2 aromatic rings. The van der Waals surface area contributed by atoms with Gasteiger partial charge in [0.1, 0.15) is 5.82 Å². The third kappa shape index (κ3) is 5.24. The van der Waals surface area contributed by atoms with Gasteiger partial charge in [-0.05, 0) is 48.7 Å². The number of pyridine rings is 1. The van der Waals surface area contributed by atoms with Crippen LogP contribution in [0.1, 0.15) is 12.0 Å². The minimum Gasteiger partial charge on any atom is -0.270 e. The maximum absolute atomic E-state index is 12.8. The van der Waals surface area contributed by atoms with Crippen LogP contribution >= 0.6 is 0 Å². The number of hydrogen-bond acceptors (Lipinski definition) is 4. The van der Waals surface area contributed by atoms with Gasteiger partial charge in [0.05, 0.1) is 18.6 Å². The molecule has 0 aliphatic rings. The van der Waals surface area contributed by atoms with Crippen molar-refractivity contribution < 1.29 is 17.0 Å². The molecule has 0 N–H and O–H groups in total. The minimum absolute atomic E-state index is 0.165. The highest BCUT2D eigenvalue weighted by Gasteiger charge is 2.03. The molecule has 0 spiro atoms. The minimum atomic E-state index is -3.37. The summed E-state index contributed by atoms with van der Waals surface area (Å²) < 4.78 is 39.1. The Morgan fingerprint density at radius 1 is 1.14 bits per heavy atom. The van der Waals surface area contributed by atoms with Crippen molar-refractivity contribution in [2.24, 2.45) is 0 Å². The zero-order valence-corrected chi connectivity index (χ0v) is 12.4. The summed E-state index contributed by atoms with van der Waals surface area (Å²) in [6.07, 6.45) is 4.06. The van der Waals surface area contributed by atoms with Crippen LogP contribution < -0.4 is 0 Å². The van der Waals surface area contributed by atoms with Crippen LogP contribution in [0.2, 0.25) is 0 Å². The van der Waals surface area contributed by atoms with Crippen LogP contribution in [0.5, 0.6) is 0 Å². The maximum Gasteiger partial charge on any atom is 0.264 e. The summed E-state index contributed by atoms with van der Waals surface area (Å²) in [5.74, 6) is -0.277. The first-order valence-corrected chi connectivity index (χ1v) is 8.31. The third-order valence-electron chi connectivity index (χ3n) is 2.87. The van der Waals surface area contributed by atoms with E-state index in [0.29, 0.717) is 12.8 Å². The van der Waals surface area contributed by atoms with Gasteiger partial charge in [-0.1, -0.05) is 6.07 Å². The molecule has 0 saturated heterocycles. The summed E-state index contributed by atoms with van der Waals surface area (Å²) in [5.41, 5.74) is 2.62. The van der Waals surface area contributed by atoms with Gasteiger partial charge in [-0.15, -0.1) is 0 Å². The molecule has 0 radical (unpaired) electrons. The Kier molecular flexibility index (Phi) is 5.03. The monoisotopic (exact) mass is 309 g/mol. The van der Waals surface area contributed by atoms with E-state index in [4.69, 9.17) is 0 Å². The van der Waals surface area contributed by atoms with E-state index in [1.807, 2.05) is 12.1 Å². The zero-order chi connectivity index (χ0) is 15.3. The fraction of sp³-hybridized carbons (Fsp3) is 0.267. The van der Waals surface area contributed by atoms with E-state index in [9.17, 15) is 12.8 Å². The van der Waals surface area contributed by atoms with E-state index in [1.54, 1.807) is 18.3 Å². The summed E-state index contributed by atoms with van der Waals surface area (Å²) in [6, 6.07) is 9.93. The van der Waals surface area contributed by atoms with E-state index >= 15 is 0 Å². The molecule has 2 rings (SSSR count). The van der Waals surface area contributed by atoms with E-state index in [-0.39, 0.29) is 12.4 Å². The highest BCUT2D eigenvalue weighted by Crippen LogP contribution is 2.17. The molecule has 4 nitrogen and oxygen atoms in total. The van der Waals surface area contributed by atoms with E-state index in [1.165, 1.54) is 12.1 Å². The number of nitrogens with zero attached hydrogens (tertiary/aromatic N) is 1. The van der Waals surface area contributed by atoms with Crippen molar-refractivity contribution in [3.8, 4) is 11.3 Å². The number of hydrogen-bond donors (Lipinski definition) is 0. The summed E-state index contributed by atoms with van der Waals surface area (Å²) in [6.45, 7) is 0.165.